The lowest BCUT2D eigenvalue weighted by Crippen LogP contribution is -2.37. The first kappa shape index (κ1) is 22.2. The lowest BCUT2D eigenvalue weighted by Gasteiger charge is -2.24. The van der Waals surface area contributed by atoms with Crippen LogP contribution in [0.15, 0.2) is 35.1 Å². The van der Waals surface area contributed by atoms with E-state index < -0.39 is 35.2 Å². The smallest absolute Gasteiger partial charge is 0.492 e. The van der Waals surface area contributed by atoms with Crippen LogP contribution in [0.3, 0.4) is 0 Å². The maximum absolute atomic E-state index is 12.9. The summed E-state index contributed by atoms with van der Waals surface area (Å²) in [4.78, 5) is 58.6. The maximum Gasteiger partial charge on any atom is 0.528 e. The van der Waals surface area contributed by atoms with Crippen LogP contribution < -0.4 is 5.56 Å². The third-order valence-electron chi connectivity index (χ3n) is 4.97. The number of ether oxygens (including phenoxy) is 1. The molecule has 12 nitrogen and oxygen atoms in total. The molecule has 2 N–H and O–H groups in total. The summed E-state index contributed by atoms with van der Waals surface area (Å²) in [5.74, 6) is -2.04. The summed E-state index contributed by atoms with van der Waals surface area (Å²) in [6.45, 7) is 0.440. The molecule has 2 amide bonds. The quantitative estimate of drug-likeness (QED) is 0.536. The Morgan fingerprint density at radius 3 is 2.67 bits per heavy atom. The zero-order valence-electron chi connectivity index (χ0n) is 17.3. The van der Waals surface area contributed by atoms with Crippen LogP contribution in [0.2, 0.25) is 0 Å². The van der Waals surface area contributed by atoms with E-state index in [9.17, 15) is 24.3 Å². The fourth-order valence-corrected chi connectivity index (χ4v) is 4.46. The molecule has 33 heavy (non-hydrogen) atoms. The molecule has 0 bridgehead atoms. The molecule has 1 aliphatic rings. The number of fused-ring (bicyclic) bond motifs is 3. The third-order valence-corrected chi connectivity index (χ3v) is 6.03. The van der Waals surface area contributed by atoms with E-state index in [1.54, 1.807) is 0 Å². The molecule has 0 unspecified atom stereocenters. The second-order valence-electron chi connectivity index (χ2n) is 7.08. The van der Waals surface area contributed by atoms with Crippen molar-refractivity contribution >= 4 is 34.5 Å². The van der Waals surface area contributed by atoms with Crippen molar-refractivity contribution in [3.8, 4) is 5.88 Å². The molecule has 0 radical (unpaired) electrons. The Morgan fingerprint density at radius 2 is 1.97 bits per heavy atom. The van der Waals surface area contributed by atoms with Gasteiger partial charge < -0.3 is 19.8 Å². The van der Waals surface area contributed by atoms with Gasteiger partial charge in [-0.05, 0) is 5.56 Å². The fourth-order valence-electron chi connectivity index (χ4n) is 3.30. The number of carbonyl (C=O) groups is 3. The summed E-state index contributed by atoms with van der Waals surface area (Å²) in [6.07, 6.45) is -2.18. The first-order valence-corrected chi connectivity index (χ1v) is 10.5. The van der Waals surface area contributed by atoms with Crippen molar-refractivity contribution in [3.05, 3.63) is 62.4 Å². The highest BCUT2D eigenvalue weighted by Crippen LogP contribution is 2.29. The lowest BCUT2D eigenvalue weighted by molar-refractivity contribution is -0.138. The molecular formula is C20H18N4O8S. The van der Waals surface area contributed by atoms with Gasteiger partial charge in [0.25, 0.3) is 11.5 Å². The summed E-state index contributed by atoms with van der Waals surface area (Å²) >= 11 is 1.08. The Hall–Kier alpha value is -3.97. The Kier molecular flexibility index (Phi) is 5.98. The Morgan fingerprint density at radius 1 is 1.24 bits per heavy atom. The van der Waals surface area contributed by atoms with E-state index in [0.29, 0.717) is 15.5 Å². The van der Waals surface area contributed by atoms with Gasteiger partial charge in [0, 0.05) is 30.6 Å². The number of hydrogen-bond acceptors (Lipinski definition) is 10. The summed E-state index contributed by atoms with van der Waals surface area (Å²) in [6, 6.07) is 9.12. The molecule has 4 rings (SSSR count). The van der Waals surface area contributed by atoms with Crippen molar-refractivity contribution < 1.29 is 34.2 Å². The van der Waals surface area contributed by atoms with Crippen molar-refractivity contribution in [1.29, 1.82) is 0 Å². The zero-order valence-corrected chi connectivity index (χ0v) is 18.1. The van der Waals surface area contributed by atoms with Gasteiger partial charge in [-0.3, -0.25) is 14.0 Å². The van der Waals surface area contributed by atoms with Gasteiger partial charge in [-0.15, -0.1) is 5.06 Å². The maximum atomic E-state index is 12.9. The molecule has 172 valence electrons. The first-order chi connectivity index (χ1) is 15.8. The fraction of sp³-hybridized carbons (Fsp3) is 0.250. The Balaban J connectivity index is 1.53. The van der Waals surface area contributed by atoms with E-state index in [1.807, 2.05) is 30.3 Å². The molecule has 3 aromatic rings. The van der Waals surface area contributed by atoms with E-state index in [4.69, 9.17) is 14.7 Å². The van der Waals surface area contributed by atoms with Crippen LogP contribution >= 0.6 is 11.3 Å². The highest BCUT2D eigenvalue weighted by molar-refractivity contribution is 7.17. The average Bonchev–Trinajstić information content (AvgIpc) is 3.15. The number of aromatic nitrogens is 2. The number of hydrogen-bond donors (Lipinski definition) is 2. The van der Waals surface area contributed by atoms with Gasteiger partial charge in [0.2, 0.25) is 5.88 Å². The molecule has 0 fully saturated rings. The van der Waals surface area contributed by atoms with Crippen LogP contribution in [0.25, 0.3) is 4.96 Å². The number of hydroxylamine groups is 2. The van der Waals surface area contributed by atoms with Crippen molar-refractivity contribution in [2.24, 2.45) is 0 Å². The molecule has 3 heterocycles. The molecule has 0 saturated carbocycles. The van der Waals surface area contributed by atoms with Crippen LogP contribution in [0, 0.1) is 0 Å². The number of carboxylic acid groups (broad SMARTS) is 1. The van der Waals surface area contributed by atoms with Gasteiger partial charge >= 0.3 is 12.2 Å². The molecule has 0 saturated heterocycles. The van der Waals surface area contributed by atoms with Crippen LogP contribution in [0.1, 0.15) is 26.5 Å². The van der Waals surface area contributed by atoms with E-state index in [-0.39, 0.29) is 31.1 Å². The topological polar surface area (TPSA) is 151 Å². The first-order valence-electron chi connectivity index (χ1n) is 9.67. The number of benzene rings is 1. The Labute approximate surface area is 189 Å². The molecular weight excluding hydrogens is 456 g/mol. The van der Waals surface area contributed by atoms with Gasteiger partial charge in [0.15, 0.2) is 10.5 Å². The van der Waals surface area contributed by atoms with Gasteiger partial charge in [0.1, 0.15) is 6.61 Å². The van der Waals surface area contributed by atoms with Crippen molar-refractivity contribution in [2.75, 3.05) is 13.6 Å². The van der Waals surface area contributed by atoms with Crippen LogP contribution in [-0.2, 0) is 29.1 Å². The minimum atomic E-state index is -1.58. The third kappa shape index (κ3) is 4.36. The van der Waals surface area contributed by atoms with E-state index >= 15 is 0 Å². The predicted molar refractivity (Wildman–Crippen MR) is 113 cm³/mol. The minimum absolute atomic E-state index is 0.0574. The van der Waals surface area contributed by atoms with Crippen molar-refractivity contribution in [1.82, 2.24) is 19.3 Å². The Bertz CT molecular complexity index is 1300. The standard InChI is InChI=1S/C20H18N4O8S/c1-22(19(28)29)16(26)14-15(25)21-18-24(17(14)27)12-7-8-23(9-13(12)33-18)32-20(30)31-10-11-5-3-2-4-6-11/h2-6,25H,7-10H2,1H3,(H,28,29). The highest BCUT2D eigenvalue weighted by atomic mass is 32.1. The lowest BCUT2D eigenvalue weighted by atomic mass is 10.2. The number of amides is 2. The highest BCUT2D eigenvalue weighted by Gasteiger charge is 2.31. The van der Waals surface area contributed by atoms with E-state index in [0.717, 1.165) is 23.9 Å². The summed E-state index contributed by atoms with van der Waals surface area (Å²) in [5.41, 5.74) is -0.257. The number of aromatic hydroxyl groups is 1. The number of imide groups is 1. The minimum Gasteiger partial charge on any atom is -0.492 e. The van der Waals surface area contributed by atoms with Gasteiger partial charge in [-0.2, -0.15) is 4.98 Å². The normalized spacial score (nSPS) is 13.4. The second kappa shape index (κ2) is 8.88. The second-order valence-corrected chi connectivity index (χ2v) is 8.14. The molecule has 0 aliphatic carbocycles. The van der Waals surface area contributed by atoms with Crippen LogP contribution in [0.5, 0.6) is 5.88 Å². The number of rotatable bonds is 4. The van der Waals surface area contributed by atoms with Crippen LogP contribution in [-0.4, -0.2) is 61.3 Å². The summed E-state index contributed by atoms with van der Waals surface area (Å²) < 4.78 is 6.28. The number of carbonyl (C=O) groups excluding carboxylic acids is 2. The molecule has 13 heteroatoms. The summed E-state index contributed by atoms with van der Waals surface area (Å²) in [5, 5.41) is 20.5. The molecule has 2 aromatic heterocycles. The van der Waals surface area contributed by atoms with Crippen LogP contribution in [0.4, 0.5) is 9.59 Å². The van der Waals surface area contributed by atoms with Crippen molar-refractivity contribution in [2.45, 2.75) is 19.6 Å². The zero-order chi connectivity index (χ0) is 23.7. The molecule has 0 spiro atoms. The van der Waals surface area contributed by atoms with E-state index in [2.05, 4.69) is 4.98 Å². The van der Waals surface area contributed by atoms with E-state index in [1.165, 1.54) is 9.46 Å². The van der Waals surface area contributed by atoms with Crippen molar-refractivity contribution in [3.63, 3.8) is 0 Å². The molecule has 0 atom stereocenters. The largest absolute Gasteiger partial charge is 0.528 e. The molecule has 1 aliphatic heterocycles. The monoisotopic (exact) mass is 474 g/mol. The molecule has 1 aromatic carbocycles. The van der Waals surface area contributed by atoms with Gasteiger partial charge in [-0.25, -0.2) is 14.5 Å². The van der Waals surface area contributed by atoms with Gasteiger partial charge in [0.05, 0.1) is 6.54 Å². The number of nitrogens with zero attached hydrogens (tertiary/aromatic N) is 4. The van der Waals surface area contributed by atoms with Gasteiger partial charge in [-0.1, -0.05) is 41.7 Å². The summed E-state index contributed by atoms with van der Waals surface area (Å²) in [7, 11) is 0.966. The average molecular weight is 474 g/mol. The predicted octanol–water partition coefficient (Wildman–Crippen LogP) is 1.84. The SMILES string of the molecule is CN(C(=O)O)C(=O)c1c(O)nc2sc3c(n2c1=O)CCN(OC(=O)OCc1ccccc1)C3. The number of thiazole rings is 1.